The third-order valence-corrected chi connectivity index (χ3v) is 6.11. The summed E-state index contributed by atoms with van der Waals surface area (Å²) in [6.07, 6.45) is 11.4. The topological polar surface area (TPSA) is 51.8 Å². The van der Waals surface area contributed by atoms with Crippen molar-refractivity contribution in [2.24, 2.45) is 23.2 Å². The zero-order valence-corrected chi connectivity index (χ0v) is 11.6. The van der Waals surface area contributed by atoms with Gasteiger partial charge in [0.05, 0.1) is 0 Å². The lowest BCUT2D eigenvalue weighted by Crippen LogP contribution is -2.46. The van der Waals surface area contributed by atoms with Crippen LogP contribution in [0.4, 0.5) is 5.13 Å². The first kappa shape index (κ1) is 11.2. The fourth-order valence-electron chi connectivity index (χ4n) is 5.34. The molecule has 0 atom stereocenters. The second-order valence-corrected chi connectivity index (χ2v) is 7.75. The quantitative estimate of drug-likeness (QED) is 0.910. The minimum atomic E-state index is 0.621. The molecule has 18 heavy (non-hydrogen) atoms. The van der Waals surface area contributed by atoms with Crippen molar-refractivity contribution in [1.82, 2.24) is 9.36 Å². The predicted molar refractivity (Wildman–Crippen MR) is 73.2 cm³/mol. The SMILES string of the molecule is Nc1nc(CCC23CC4CC(CC(C4)C2)C3)ns1. The maximum absolute atomic E-state index is 5.66. The molecule has 0 radical (unpaired) electrons. The zero-order valence-electron chi connectivity index (χ0n) is 10.8. The molecule has 4 heteroatoms. The Labute approximate surface area is 112 Å². The molecule has 0 spiro atoms. The van der Waals surface area contributed by atoms with Crippen molar-refractivity contribution < 1.29 is 0 Å². The van der Waals surface area contributed by atoms with E-state index in [0.29, 0.717) is 10.5 Å². The number of anilines is 1. The predicted octanol–water partition coefficient (Wildman–Crippen LogP) is 3.27. The summed E-state index contributed by atoms with van der Waals surface area (Å²) in [7, 11) is 0. The smallest absolute Gasteiger partial charge is 0.199 e. The molecule has 4 fully saturated rings. The fraction of sp³-hybridized carbons (Fsp3) is 0.857. The van der Waals surface area contributed by atoms with Gasteiger partial charge in [0.25, 0.3) is 0 Å². The molecular formula is C14H21N3S. The Hall–Kier alpha value is -0.640. The number of aryl methyl sites for hydroxylation is 1. The first-order valence-electron chi connectivity index (χ1n) is 7.29. The van der Waals surface area contributed by atoms with E-state index in [1.807, 2.05) is 0 Å². The standard InChI is InChI=1S/C14H21N3S/c15-13-16-12(17-18-13)1-2-14-6-9-3-10(7-14)5-11(4-9)8-14/h9-11H,1-8H2,(H2,15,16,17). The van der Waals surface area contributed by atoms with Gasteiger partial charge in [-0.3, -0.25) is 0 Å². The average molecular weight is 263 g/mol. The van der Waals surface area contributed by atoms with Crippen LogP contribution in [0.3, 0.4) is 0 Å². The van der Waals surface area contributed by atoms with Gasteiger partial charge in [0.15, 0.2) is 5.13 Å². The highest BCUT2D eigenvalue weighted by Gasteiger charge is 2.50. The maximum Gasteiger partial charge on any atom is 0.199 e. The highest BCUT2D eigenvalue weighted by Crippen LogP contribution is 2.61. The van der Waals surface area contributed by atoms with Gasteiger partial charge in [-0.25, -0.2) is 4.98 Å². The zero-order chi connectivity index (χ0) is 12.2. The van der Waals surface area contributed by atoms with Crippen LogP contribution in [0.25, 0.3) is 0 Å². The lowest BCUT2D eigenvalue weighted by Gasteiger charge is -2.57. The first-order chi connectivity index (χ1) is 8.71. The van der Waals surface area contributed by atoms with E-state index in [4.69, 9.17) is 5.73 Å². The lowest BCUT2D eigenvalue weighted by molar-refractivity contribution is -0.0571. The van der Waals surface area contributed by atoms with Gasteiger partial charge in [-0.15, -0.1) is 0 Å². The number of hydrogen-bond acceptors (Lipinski definition) is 4. The first-order valence-corrected chi connectivity index (χ1v) is 8.06. The number of hydrogen-bond donors (Lipinski definition) is 1. The van der Waals surface area contributed by atoms with E-state index in [1.165, 1.54) is 56.5 Å². The molecule has 0 unspecified atom stereocenters. The summed E-state index contributed by atoms with van der Waals surface area (Å²) in [5.41, 5.74) is 6.31. The molecule has 0 saturated heterocycles. The molecule has 4 saturated carbocycles. The highest BCUT2D eigenvalue weighted by atomic mass is 32.1. The van der Waals surface area contributed by atoms with Gasteiger partial charge in [-0.2, -0.15) is 4.37 Å². The summed E-state index contributed by atoms with van der Waals surface area (Å²) < 4.78 is 4.34. The lowest BCUT2D eigenvalue weighted by atomic mass is 9.48. The number of rotatable bonds is 3. The van der Waals surface area contributed by atoms with Crippen LogP contribution in [-0.2, 0) is 6.42 Å². The number of nitrogen functional groups attached to an aromatic ring is 1. The van der Waals surface area contributed by atoms with Crippen LogP contribution in [0.15, 0.2) is 0 Å². The van der Waals surface area contributed by atoms with Crippen LogP contribution in [0.5, 0.6) is 0 Å². The van der Waals surface area contributed by atoms with Crippen LogP contribution < -0.4 is 5.73 Å². The molecule has 5 rings (SSSR count). The largest absolute Gasteiger partial charge is 0.374 e. The number of nitrogens with two attached hydrogens (primary N) is 1. The van der Waals surface area contributed by atoms with Gasteiger partial charge in [-0.1, -0.05) is 0 Å². The van der Waals surface area contributed by atoms with Gasteiger partial charge >= 0.3 is 0 Å². The van der Waals surface area contributed by atoms with Gasteiger partial charge < -0.3 is 5.73 Å². The Morgan fingerprint density at radius 3 is 2.22 bits per heavy atom. The Balaban J connectivity index is 1.47. The average Bonchev–Trinajstić information content (AvgIpc) is 2.71. The Bertz CT molecular complexity index is 418. The van der Waals surface area contributed by atoms with Crippen molar-refractivity contribution in [3.05, 3.63) is 5.82 Å². The molecule has 3 nitrogen and oxygen atoms in total. The molecule has 0 aliphatic heterocycles. The molecule has 1 aromatic rings. The summed E-state index contributed by atoms with van der Waals surface area (Å²) in [5.74, 6) is 4.12. The molecular weight excluding hydrogens is 242 g/mol. The van der Waals surface area contributed by atoms with E-state index >= 15 is 0 Å². The van der Waals surface area contributed by atoms with Crippen LogP contribution in [0.2, 0.25) is 0 Å². The molecule has 4 aliphatic rings. The van der Waals surface area contributed by atoms with E-state index in [9.17, 15) is 0 Å². The summed E-state index contributed by atoms with van der Waals surface area (Å²) >= 11 is 1.34. The Morgan fingerprint density at radius 1 is 1.11 bits per heavy atom. The molecule has 0 aromatic carbocycles. The molecule has 1 aromatic heterocycles. The van der Waals surface area contributed by atoms with Crippen molar-refractivity contribution in [2.45, 2.75) is 51.4 Å². The Kier molecular flexibility index (Phi) is 2.44. The third-order valence-electron chi connectivity index (χ3n) is 5.53. The van der Waals surface area contributed by atoms with Crippen LogP contribution >= 0.6 is 11.5 Å². The normalized spacial score (nSPS) is 41.4. The minimum Gasteiger partial charge on any atom is -0.374 e. The molecule has 2 N–H and O–H groups in total. The minimum absolute atomic E-state index is 0.621. The summed E-state index contributed by atoms with van der Waals surface area (Å²) in [6.45, 7) is 0. The summed E-state index contributed by atoms with van der Waals surface area (Å²) in [6, 6.07) is 0. The molecule has 0 amide bonds. The van der Waals surface area contributed by atoms with Gasteiger partial charge in [0, 0.05) is 18.0 Å². The molecule has 4 bridgehead atoms. The highest BCUT2D eigenvalue weighted by molar-refractivity contribution is 7.09. The van der Waals surface area contributed by atoms with Crippen LogP contribution in [0.1, 0.15) is 50.8 Å². The fourth-order valence-corrected chi connectivity index (χ4v) is 5.82. The van der Waals surface area contributed by atoms with Gasteiger partial charge in [0.1, 0.15) is 5.82 Å². The maximum atomic E-state index is 5.66. The van der Waals surface area contributed by atoms with Gasteiger partial charge in [-0.05, 0) is 68.1 Å². The van der Waals surface area contributed by atoms with E-state index < -0.39 is 0 Å². The second-order valence-electron chi connectivity index (χ2n) is 6.97. The second kappa shape index (κ2) is 3.92. The van der Waals surface area contributed by atoms with Crippen LogP contribution in [0, 0.1) is 23.2 Å². The van der Waals surface area contributed by atoms with E-state index in [-0.39, 0.29) is 0 Å². The number of aromatic nitrogens is 2. The molecule has 1 heterocycles. The third kappa shape index (κ3) is 1.85. The van der Waals surface area contributed by atoms with Crippen molar-refractivity contribution in [2.75, 3.05) is 5.73 Å². The molecule has 4 aliphatic carbocycles. The summed E-state index contributed by atoms with van der Waals surface area (Å²) in [4.78, 5) is 4.31. The van der Waals surface area contributed by atoms with Crippen molar-refractivity contribution in [3.8, 4) is 0 Å². The summed E-state index contributed by atoms with van der Waals surface area (Å²) in [5, 5.41) is 0.621. The van der Waals surface area contributed by atoms with Crippen LogP contribution in [-0.4, -0.2) is 9.36 Å². The van der Waals surface area contributed by atoms with E-state index in [2.05, 4.69) is 9.36 Å². The van der Waals surface area contributed by atoms with Crippen molar-refractivity contribution in [1.29, 1.82) is 0 Å². The monoisotopic (exact) mass is 263 g/mol. The van der Waals surface area contributed by atoms with E-state index in [0.717, 1.165) is 30.0 Å². The van der Waals surface area contributed by atoms with Gasteiger partial charge in [0.2, 0.25) is 0 Å². The Morgan fingerprint density at radius 2 is 1.72 bits per heavy atom. The van der Waals surface area contributed by atoms with Crippen molar-refractivity contribution >= 4 is 16.7 Å². The molecule has 98 valence electrons. The van der Waals surface area contributed by atoms with E-state index in [1.54, 1.807) is 0 Å². The van der Waals surface area contributed by atoms with Crippen molar-refractivity contribution in [3.63, 3.8) is 0 Å². The number of nitrogens with zero attached hydrogens (tertiary/aromatic N) is 2.